The molecule has 2 saturated heterocycles. The highest BCUT2D eigenvalue weighted by Gasteiger charge is 2.25. The lowest BCUT2D eigenvalue weighted by Gasteiger charge is -2.25. The summed E-state index contributed by atoms with van der Waals surface area (Å²) in [5, 5.41) is 0. The molecule has 0 aromatic carbocycles. The van der Waals surface area contributed by atoms with E-state index in [1.54, 1.807) is 0 Å². The van der Waals surface area contributed by atoms with Crippen molar-refractivity contribution >= 4 is 5.91 Å². The first-order valence-corrected chi connectivity index (χ1v) is 7.59. The molecule has 0 radical (unpaired) electrons. The Hall–Kier alpha value is -0.650. The Morgan fingerprint density at radius 1 is 1.32 bits per heavy atom. The SMILES string of the molecule is CCC(N)C(=O)N1CCCN(CC2CCCO2)CC1. The number of rotatable bonds is 4. The van der Waals surface area contributed by atoms with Crippen molar-refractivity contribution in [2.75, 3.05) is 39.3 Å². The summed E-state index contributed by atoms with van der Waals surface area (Å²) in [5.41, 5.74) is 5.84. The molecule has 2 atom stereocenters. The van der Waals surface area contributed by atoms with Gasteiger partial charge in [-0.15, -0.1) is 0 Å². The predicted octanol–water partition coefficient (Wildman–Crippen LogP) is 0.437. The fourth-order valence-corrected chi connectivity index (χ4v) is 2.86. The third-order valence-corrected chi connectivity index (χ3v) is 4.14. The zero-order chi connectivity index (χ0) is 13.7. The van der Waals surface area contributed by atoms with E-state index >= 15 is 0 Å². The molecule has 0 aromatic heterocycles. The zero-order valence-electron chi connectivity index (χ0n) is 12.0. The van der Waals surface area contributed by atoms with Crippen molar-refractivity contribution in [2.45, 2.75) is 44.8 Å². The van der Waals surface area contributed by atoms with Crippen molar-refractivity contribution in [3.63, 3.8) is 0 Å². The lowest BCUT2D eigenvalue weighted by atomic mass is 10.2. The fraction of sp³-hybridized carbons (Fsp3) is 0.929. The molecular formula is C14H27N3O2. The van der Waals surface area contributed by atoms with Gasteiger partial charge in [0.05, 0.1) is 12.1 Å². The lowest BCUT2D eigenvalue weighted by molar-refractivity contribution is -0.132. The highest BCUT2D eigenvalue weighted by atomic mass is 16.5. The number of hydrogen-bond acceptors (Lipinski definition) is 4. The lowest BCUT2D eigenvalue weighted by Crippen LogP contribution is -2.45. The second kappa shape index (κ2) is 7.22. The largest absolute Gasteiger partial charge is 0.377 e. The Kier molecular flexibility index (Phi) is 5.60. The molecule has 2 aliphatic rings. The minimum absolute atomic E-state index is 0.112. The molecule has 5 nitrogen and oxygen atoms in total. The summed E-state index contributed by atoms with van der Waals surface area (Å²) in [6.45, 7) is 7.54. The number of carbonyl (C=O) groups is 1. The zero-order valence-corrected chi connectivity index (χ0v) is 12.0. The Morgan fingerprint density at radius 3 is 2.84 bits per heavy atom. The standard InChI is InChI=1S/C14H27N3O2/c1-2-13(15)14(18)17-7-4-6-16(8-9-17)11-12-5-3-10-19-12/h12-13H,2-11,15H2,1H3. The summed E-state index contributed by atoms with van der Waals surface area (Å²) >= 11 is 0. The minimum Gasteiger partial charge on any atom is -0.377 e. The van der Waals surface area contributed by atoms with Crippen LogP contribution >= 0.6 is 0 Å². The summed E-state index contributed by atoms with van der Waals surface area (Å²) in [4.78, 5) is 16.5. The van der Waals surface area contributed by atoms with Gasteiger partial charge in [-0.1, -0.05) is 6.92 Å². The van der Waals surface area contributed by atoms with Crippen molar-refractivity contribution in [2.24, 2.45) is 5.73 Å². The van der Waals surface area contributed by atoms with Crippen LogP contribution in [0.2, 0.25) is 0 Å². The number of ether oxygens (including phenoxy) is 1. The van der Waals surface area contributed by atoms with Gasteiger partial charge in [0, 0.05) is 32.8 Å². The van der Waals surface area contributed by atoms with Gasteiger partial charge in [-0.3, -0.25) is 9.69 Å². The van der Waals surface area contributed by atoms with Crippen molar-refractivity contribution in [1.82, 2.24) is 9.80 Å². The Labute approximate surface area is 116 Å². The average Bonchev–Trinajstić information content (AvgIpc) is 2.82. The van der Waals surface area contributed by atoms with E-state index in [2.05, 4.69) is 4.90 Å². The average molecular weight is 269 g/mol. The van der Waals surface area contributed by atoms with Crippen molar-refractivity contribution in [1.29, 1.82) is 0 Å². The molecule has 2 N–H and O–H groups in total. The van der Waals surface area contributed by atoms with Crippen LogP contribution in [0.15, 0.2) is 0 Å². The maximum Gasteiger partial charge on any atom is 0.239 e. The third kappa shape index (κ3) is 4.16. The molecule has 0 spiro atoms. The van der Waals surface area contributed by atoms with Gasteiger partial charge < -0.3 is 15.4 Å². The van der Waals surface area contributed by atoms with Crippen LogP contribution in [0.1, 0.15) is 32.6 Å². The van der Waals surface area contributed by atoms with Gasteiger partial charge >= 0.3 is 0 Å². The van der Waals surface area contributed by atoms with E-state index in [9.17, 15) is 4.79 Å². The van der Waals surface area contributed by atoms with Crippen LogP contribution < -0.4 is 5.73 Å². The highest BCUT2D eigenvalue weighted by molar-refractivity contribution is 5.81. The van der Waals surface area contributed by atoms with E-state index in [-0.39, 0.29) is 11.9 Å². The monoisotopic (exact) mass is 269 g/mol. The van der Waals surface area contributed by atoms with Gasteiger partial charge in [0.15, 0.2) is 0 Å². The Bertz CT molecular complexity index is 292. The number of nitrogens with zero attached hydrogens (tertiary/aromatic N) is 2. The van der Waals surface area contributed by atoms with E-state index in [1.165, 1.54) is 12.8 Å². The van der Waals surface area contributed by atoms with Crippen LogP contribution in [-0.2, 0) is 9.53 Å². The number of hydrogen-bond donors (Lipinski definition) is 1. The first kappa shape index (κ1) is 14.8. The van der Waals surface area contributed by atoms with E-state index in [0.29, 0.717) is 6.10 Å². The summed E-state index contributed by atoms with van der Waals surface area (Å²) in [5.74, 6) is 0.112. The van der Waals surface area contributed by atoms with Crippen LogP contribution in [0.3, 0.4) is 0 Å². The fourth-order valence-electron chi connectivity index (χ4n) is 2.86. The van der Waals surface area contributed by atoms with Crippen LogP contribution in [-0.4, -0.2) is 67.2 Å². The molecular weight excluding hydrogens is 242 g/mol. The molecule has 2 rings (SSSR count). The molecule has 1 amide bonds. The first-order chi connectivity index (χ1) is 9.20. The molecule has 5 heteroatoms. The van der Waals surface area contributed by atoms with Gasteiger partial charge in [-0.05, 0) is 32.2 Å². The molecule has 0 bridgehead atoms. The molecule has 2 heterocycles. The molecule has 2 fully saturated rings. The highest BCUT2D eigenvalue weighted by Crippen LogP contribution is 2.14. The van der Waals surface area contributed by atoms with Gasteiger partial charge in [0.1, 0.15) is 0 Å². The predicted molar refractivity (Wildman–Crippen MR) is 74.9 cm³/mol. The smallest absolute Gasteiger partial charge is 0.239 e. The molecule has 19 heavy (non-hydrogen) atoms. The third-order valence-electron chi connectivity index (χ3n) is 4.14. The molecule has 0 aromatic rings. The number of amides is 1. The summed E-state index contributed by atoms with van der Waals surface area (Å²) in [6, 6.07) is -0.329. The van der Waals surface area contributed by atoms with Crippen LogP contribution in [0.5, 0.6) is 0 Å². The summed E-state index contributed by atoms with van der Waals surface area (Å²) in [7, 11) is 0. The van der Waals surface area contributed by atoms with Crippen LogP contribution in [0.25, 0.3) is 0 Å². The van der Waals surface area contributed by atoms with Crippen molar-refractivity contribution < 1.29 is 9.53 Å². The number of carbonyl (C=O) groups excluding carboxylic acids is 1. The van der Waals surface area contributed by atoms with Crippen molar-refractivity contribution in [3.05, 3.63) is 0 Å². The van der Waals surface area contributed by atoms with Gasteiger partial charge in [-0.2, -0.15) is 0 Å². The van der Waals surface area contributed by atoms with E-state index < -0.39 is 0 Å². The Balaban J connectivity index is 1.78. The maximum absolute atomic E-state index is 12.1. The quantitative estimate of drug-likeness (QED) is 0.804. The van der Waals surface area contributed by atoms with Crippen LogP contribution in [0.4, 0.5) is 0 Å². The maximum atomic E-state index is 12.1. The molecule has 0 saturated carbocycles. The molecule has 2 aliphatic heterocycles. The molecule has 110 valence electrons. The molecule has 0 aliphatic carbocycles. The van der Waals surface area contributed by atoms with E-state index in [1.807, 2.05) is 11.8 Å². The second-order valence-electron chi connectivity index (χ2n) is 5.63. The number of nitrogens with two attached hydrogens (primary N) is 1. The van der Waals surface area contributed by atoms with Crippen molar-refractivity contribution in [3.8, 4) is 0 Å². The minimum atomic E-state index is -0.329. The van der Waals surface area contributed by atoms with Gasteiger partial charge in [-0.25, -0.2) is 0 Å². The summed E-state index contributed by atoms with van der Waals surface area (Å²) < 4.78 is 5.68. The Morgan fingerprint density at radius 2 is 2.16 bits per heavy atom. The molecule has 2 unspecified atom stereocenters. The van der Waals surface area contributed by atoms with E-state index in [0.717, 1.165) is 52.2 Å². The normalized spacial score (nSPS) is 27.3. The topological polar surface area (TPSA) is 58.8 Å². The van der Waals surface area contributed by atoms with Crippen LogP contribution in [0, 0.1) is 0 Å². The summed E-state index contributed by atoms with van der Waals surface area (Å²) in [6.07, 6.45) is 4.53. The first-order valence-electron chi connectivity index (χ1n) is 7.59. The van der Waals surface area contributed by atoms with Gasteiger partial charge in [0.25, 0.3) is 0 Å². The second-order valence-corrected chi connectivity index (χ2v) is 5.63. The van der Waals surface area contributed by atoms with E-state index in [4.69, 9.17) is 10.5 Å². The van der Waals surface area contributed by atoms with Gasteiger partial charge in [0.2, 0.25) is 5.91 Å².